The minimum Gasteiger partial charge on any atom is -1.00 e. The van der Waals surface area contributed by atoms with Gasteiger partial charge in [-0.3, -0.25) is 0 Å². The van der Waals surface area contributed by atoms with Gasteiger partial charge in [0, 0.05) is 20.6 Å². The highest BCUT2D eigenvalue weighted by molar-refractivity contribution is 6.61. The van der Waals surface area contributed by atoms with Crippen LogP contribution in [0.5, 0.6) is 0 Å². The zero-order chi connectivity index (χ0) is 23.4. The maximum atomic E-state index is 6.43. The number of quaternary nitrogens is 1. The van der Waals surface area contributed by atoms with Crippen LogP contribution >= 0.6 is 0 Å². The van der Waals surface area contributed by atoms with E-state index in [9.17, 15) is 0 Å². The van der Waals surface area contributed by atoms with E-state index in [-0.39, 0.29) is 23.7 Å². The van der Waals surface area contributed by atoms with Crippen molar-refractivity contribution in [1.82, 2.24) is 0 Å². The Morgan fingerprint density at radius 1 is 0.656 bits per heavy atom. The maximum absolute atomic E-state index is 6.43. The lowest BCUT2D eigenvalue weighted by Crippen LogP contribution is -3.00. The first-order valence-corrected chi connectivity index (χ1v) is 15.3. The molecule has 0 spiro atoms. The molecule has 0 fully saturated rings. The van der Waals surface area contributed by atoms with Gasteiger partial charge in [0.2, 0.25) is 0 Å². The summed E-state index contributed by atoms with van der Waals surface area (Å²) in [5.74, 6) is 0. The summed E-state index contributed by atoms with van der Waals surface area (Å²) in [6.07, 6.45) is 24.3. The van der Waals surface area contributed by atoms with E-state index in [0.717, 1.165) is 12.8 Å². The molecule has 0 heterocycles. The molecule has 4 nitrogen and oxygen atoms in total. The Kier molecular flexibility index (Phi) is 23.6. The lowest BCUT2D eigenvalue weighted by molar-refractivity contribution is -0.406. The summed E-state index contributed by atoms with van der Waals surface area (Å²) < 4.78 is 17.9. The smallest absolute Gasteiger partial charge is 0.562 e. The van der Waals surface area contributed by atoms with Gasteiger partial charge < -0.3 is 31.4 Å². The fourth-order valence-corrected chi connectivity index (χ4v) is 6.91. The Morgan fingerprint density at radius 2 is 1.00 bits per heavy atom. The third-order valence-corrected chi connectivity index (χ3v) is 10.00. The van der Waals surface area contributed by atoms with E-state index in [4.69, 9.17) is 13.3 Å². The lowest BCUT2D eigenvalue weighted by Gasteiger charge is -2.37. The molecular weight excluding hydrogens is 438 g/mol. The van der Waals surface area contributed by atoms with Crippen molar-refractivity contribution in [3.8, 4) is 0 Å². The number of halogens is 1. The molecule has 0 aliphatic heterocycles. The van der Waals surface area contributed by atoms with Crippen molar-refractivity contribution in [2.45, 2.75) is 155 Å². The first-order chi connectivity index (χ1) is 14.9. The normalized spacial score (nSPS) is 13.2. The molecule has 0 amide bonds. The molecule has 6 heteroatoms. The molecule has 0 saturated carbocycles. The van der Waals surface area contributed by atoms with Crippen LogP contribution in [0.2, 0.25) is 0 Å². The Morgan fingerprint density at radius 3 is 1.31 bits per heavy atom. The lowest BCUT2D eigenvalue weighted by atomic mass is 9.99. The Balaban J connectivity index is 0. The van der Waals surface area contributed by atoms with Gasteiger partial charge in [0.15, 0.2) is 5.67 Å². The number of rotatable bonds is 23. The Hall–Kier alpha value is 0.347. The highest BCUT2D eigenvalue weighted by Crippen LogP contribution is 2.26. The third-order valence-electron chi connectivity index (χ3n) is 6.61. The molecule has 0 aromatic heterocycles. The van der Waals surface area contributed by atoms with Gasteiger partial charge in [0.05, 0.1) is 5.60 Å². The second-order valence-electron chi connectivity index (χ2n) is 10.0. The van der Waals surface area contributed by atoms with Crippen molar-refractivity contribution in [3.63, 3.8) is 0 Å². The standard InChI is InChI=1S/C26H57NO3Si.ClH/c1-7-9-10-11-12-13-14-15-16-17-18-19-20-21-22-23-24-26(3,4)30-31(28-5,29-6)25(27)8-2;/h25H,7-24,27H2,1-6H3;1H. The quantitative estimate of drug-likeness (QED) is 0.170. The molecule has 1 unspecified atom stereocenters. The van der Waals surface area contributed by atoms with Gasteiger partial charge in [-0.1, -0.05) is 117 Å². The summed E-state index contributed by atoms with van der Waals surface area (Å²) in [6, 6.07) is 0. The second-order valence-corrected chi connectivity index (χ2v) is 13.1. The predicted molar refractivity (Wildman–Crippen MR) is 136 cm³/mol. The van der Waals surface area contributed by atoms with Crippen LogP contribution in [-0.2, 0) is 13.3 Å². The summed E-state index contributed by atoms with van der Waals surface area (Å²) in [5, 5.41) is 0. The van der Waals surface area contributed by atoms with Gasteiger partial charge in [-0.05, 0) is 20.3 Å². The first-order valence-electron chi connectivity index (χ1n) is 13.5. The Labute approximate surface area is 208 Å². The first kappa shape index (κ1) is 34.5. The monoisotopic (exact) mass is 495 g/mol. The summed E-state index contributed by atoms with van der Waals surface area (Å²) >= 11 is 0. The van der Waals surface area contributed by atoms with Crippen molar-refractivity contribution >= 4 is 8.80 Å². The summed E-state index contributed by atoms with van der Waals surface area (Å²) in [5.41, 5.74) is 4.07. The van der Waals surface area contributed by atoms with Gasteiger partial charge in [0.25, 0.3) is 0 Å². The van der Waals surface area contributed by atoms with Crippen molar-refractivity contribution in [2.75, 3.05) is 14.2 Å². The zero-order valence-corrected chi connectivity index (χ0v) is 24.4. The largest absolute Gasteiger partial charge is 1.00 e. The van der Waals surface area contributed by atoms with Gasteiger partial charge in [-0.2, -0.15) is 0 Å². The van der Waals surface area contributed by atoms with E-state index in [1.165, 1.54) is 103 Å². The van der Waals surface area contributed by atoms with E-state index in [2.05, 4.69) is 33.4 Å². The van der Waals surface area contributed by atoms with Crippen LogP contribution in [0.4, 0.5) is 0 Å². The Bertz CT molecular complexity index is 395. The number of hydrogen-bond acceptors (Lipinski definition) is 3. The second kappa shape index (κ2) is 21.9. The number of unbranched alkanes of at least 4 members (excludes halogenated alkanes) is 15. The molecule has 0 aliphatic carbocycles. The molecule has 0 saturated heterocycles. The average molecular weight is 496 g/mol. The molecule has 0 aromatic carbocycles. The SMILES string of the molecule is CCCCCCCCCCCCCCCCCCC(C)(C)O[Si](OC)(OC)C([NH3+])CC.[Cl-]. The number of hydrogen-bond donors (Lipinski definition) is 1. The maximum Gasteiger partial charge on any atom is 0.562 e. The van der Waals surface area contributed by atoms with Gasteiger partial charge in [-0.25, -0.2) is 0 Å². The highest BCUT2D eigenvalue weighted by atomic mass is 35.5. The molecule has 0 aliphatic rings. The topological polar surface area (TPSA) is 55.3 Å². The molecule has 1 atom stereocenters. The minimum absolute atomic E-state index is 0. The van der Waals surface area contributed by atoms with Crippen LogP contribution < -0.4 is 18.1 Å². The van der Waals surface area contributed by atoms with Crippen LogP contribution in [-0.4, -0.2) is 34.3 Å². The fraction of sp³-hybridized carbons (Fsp3) is 1.00. The molecule has 3 N–H and O–H groups in total. The van der Waals surface area contributed by atoms with E-state index in [1.54, 1.807) is 14.2 Å². The van der Waals surface area contributed by atoms with E-state index in [1.807, 2.05) is 0 Å². The van der Waals surface area contributed by atoms with Crippen molar-refractivity contribution in [1.29, 1.82) is 0 Å². The van der Waals surface area contributed by atoms with Crippen LogP contribution in [0.15, 0.2) is 0 Å². The molecule has 0 rings (SSSR count). The molecule has 196 valence electrons. The molecule has 0 radical (unpaired) electrons. The summed E-state index contributed by atoms with van der Waals surface area (Å²) in [6.45, 7) is 8.74. The zero-order valence-electron chi connectivity index (χ0n) is 22.6. The highest BCUT2D eigenvalue weighted by Gasteiger charge is 2.52. The molecule has 0 bridgehead atoms. The predicted octanol–water partition coefficient (Wildman–Crippen LogP) is 4.23. The molecular formula is C26H58ClNO3Si. The summed E-state index contributed by atoms with van der Waals surface area (Å²) in [7, 11) is 0.701. The van der Waals surface area contributed by atoms with Gasteiger partial charge >= 0.3 is 8.80 Å². The van der Waals surface area contributed by atoms with E-state index in [0.29, 0.717) is 0 Å². The van der Waals surface area contributed by atoms with Crippen molar-refractivity contribution in [2.24, 2.45) is 0 Å². The van der Waals surface area contributed by atoms with Gasteiger partial charge in [-0.15, -0.1) is 0 Å². The molecule has 0 aromatic rings. The third kappa shape index (κ3) is 16.9. The fourth-order valence-electron chi connectivity index (χ4n) is 4.37. The van der Waals surface area contributed by atoms with Crippen LogP contribution in [0, 0.1) is 0 Å². The van der Waals surface area contributed by atoms with E-state index < -0.39 is 8.80 Å². The molecule has 32 heavy (non-hydrogen) atoms. The van der Waals surface area contributed by atoms with Crippen LogP contribution in [0.1, 0.15) is 143 Å². The average Bonchev–Trinajstić information content (AvgIpc) is 2.76. The van der Waals surface area contributed by atoms with E-state index >= 15 is 0 Å². The van der Waals surface area contributed by atoms with Crippen molar-refractivity contribution < 1.29 is 31.4 Å². The van der Waals surface area contributed by atoms with Crippen LogP contribution in [0.25, 0.3) is 0 Å². The minimum atomic E-state index is -2.70. The summed E-state index contributed by atoms with van der Waals surface area (Å²) in [4.78, 5) is 0. The van der Waals surface area contributed by atoms with Gasteiger partial charge in [0.1, 0.15) is 0 Å². The van der Waals surface area contributed by atoms with Crippen molar-refractivity contribution in [3.05, 3.63) is 0 Å². The van der Waals surface area contributed by atoms with Crippen LogP contribution in [0.3, 0.4) is 0 Å².